The molecule has 2 aromatic carbocycles. The summed E-state index contributed by atoms with van der Waals surface area (Å²) < 4.78 is 41.2. The van der Waals surface area contributed by atoms with Gasteiger partial charge in [-0.1, -0.05) is 6.07 Å². The van der Waals surface area contributed by atoms with Gasteiger partial charge in [-0.3, -0.25) is 14.4 Å². The summed E-state index contributed by atoms with van der Waals surface area (Å²) in [5, 5.41) is 41.0. The lowest BCUT2D eigenvalue weighted by Crippen LogP contribution is -2.66. The van der Waals surface area contributed by atoms with E-state index in [4.69, 9.17) is 49.7 Å². The van der Waals surface area contributed by atoms with Gasteiger partial charge >= 0.3 is 11.9 Å². The highest BCUT2D eigenvalue weighted by atomic mass is 16.7. The molecule has 8 atom stereocenters. The molecule has 1 aliphatic carbocycles. The van der Waals surface area contributed by atoms with E-state index in [0.717, 1.165) is 5.56 Å². The number of aliphatic hydroxyl groups excluding tert-OH is 3. The fraction of sp³-hybridized carbons (Fsp3) is 0.531. The van der Waals surface area contributed by atoms with Gasteiger partial charge in [-0.25, -0.2) is 0 Å². The maximum atomic E-state index is 12.3. The van der Waals surface area contributed by atoms with E-state index in [9.17, 15) is 29.7 Å². The van der Waals surface area contributed by atoms with Gasteiger partial charge in [0.25, 0.3) is 0 Å². The first kappa shape index (κ1) is 33.7. The van der Waals surface area contributed by atoms with Gasteiger partial charge in [0.05, 0.1) is 26.3 Å². The zero-order valence-corrected chi connectivity index (χ0v) is 26.1. The molecule has 4 aliphatic rings. The number of fused-ring (bicyclic) bond motifs is 6. The van der Waals surface area contributed by atoms with E-state index in [2.05, 4.69) is 0 Å². The minimum atomic E-state index is -1.86. The lowest BCUT2D eigenvalue weighted by atomic mass is 9.68. The summed E-state index contributed by atoms with van der Waals surface area (Å²) in [5.41, 5.74) is 12.3. The summed E-state index contributed by atoms with van der Waals surface area (Å²) in [7, 11) is 3.06. The number of carboxylic acid groups (broad SMARTS) is 1. The molecule has 0 radical (unpaired) electrons. The Bertz CT molecular complexity index is 1570. The zero-order valence-electron chi connectivity index (χ0n) is 26.1. The molecule has 0 amide bonds. The quantitative estimate of drug-likeness (QED) is 0.116. The number of methoxy groups -OCH3 is 2. The Kier molecular flexibility index (Phi) is 9.14. The van der Waals surface area contributed by atoms with E-state index in [1.807, 2.05) is 6.07 Å². The number of ether oxygens (including phenoxy) is 7. The molecule has 8 N–H and O–H groups in total. The van der Waals surface area contributed by atoms with Crippen molar-refractivity contribution in [1.82, 2.24) is 0 Å². The lowest BCUT2D eigenvalue weighted by Gasteiger charge is -2.47. The largest absolute Gasteiger partial charge is 0.493 e. The number of carbonyl (C=O) groups excluding carboxylic acids is 2. The van der Waals surface area contributed by atoms with E-state index >= 15 is 0 Å². The summed E-state index contributed by atoms with van der Waals surface area (Å²) in [6.07, 6.45) is -11.8. The molecule has 1 saturated carbocycles. The summed E-state index contributed by atoms with van der Waals surface area (Å²) in [6, 6.07) is 8.59. The van der Waals surface area contributed by atoms with Crippen LogP contribution in [0.2, 0.25) is 0 Å². The number of rotatable bonds is 9. The Labute approximate surface area is 274 Å². The van der Waals surface area contributed by atoms with E-state index in [0.29, 0.717) is 54.2 Å². The Balaban J connectivity index is 1.30. The number of hydrogen-bond acceptors (Lipinski definition) is 15. The summed E-state index contributed by atoms with van der Waals surface area (Å²) in [5.74, 6) is -0.832. The molecule has 1 spiro atoms. The molecule has 16 nitrogen and oxygen atoms in total. The number of Topliss-reactive ketones (excluding diaryl/α,β-unsaturated/α-hetero) is 1. The van der Waals surface area contributed by atoms with Gasteiger partial charge < -0.3 is 65.1 Å². The molecule has 2 aromatic rings. The van der Waals surface area contributed by atoms with Gasteiger partial charge in [-0.05, 0) is 31.0 Å². The van der Waals surface area contributed by atoms with Crippen molar-refractivity contribution in [2.24, 2.45) is 11.5 Å². The van der Waals surface area contributed by atoms with Crippen molar-refractivity contribution in [3.05, 3.63) is 41.5 Å². The number of aliphatic hydroxyl groups is 3. The number of aliphatic carboxylic acids is 1. The van der Waals surface area contributed by atoms with Crippen LogP contribution in [0, 0.1) is 0 Å². The molecule has 0 aromatic heterocycles. The van der Waals surface area contributed by atoms with Crippen LogP contribution in [-0.2, 0) is 23.9 Å². The summed E-state index contributed by atoms with van der Waals surface area (Å²) in [6.45, 7) is 0. The van der Waals surface area contributed by atoms with Crippen molar-refractivity contribution in [2.45, 2.75) is 92.7 Å². The molecule has 16 heteroatoms. The second-order valence-corrected chi connectivity index (χ2v) is 12.3. The van der Waals surface area contributed by atoms with Gasteiger partial charge in [-0.15, -0.1) is 0 Å². The van der Waals surface area contributed by atoms with Crippen LogP contribution in [0.1, 0.15) is 55.3 Å². The third kappa shape index (κ3) is 5.88. The summed E-state index contributed by atoms with van der Waals surface area (Å²) >= 11 is 0. The first-order valence-corrected chi connectivity index (χ1v) is 15.4. The Morgan fingerprint density at radius 2 is 1.71 bits per heavy atom. The van der Waals surface area contributed by atoms with Crippen LogP contribution in [0.25, 0.3) is 0 Å². The second kappa shape index (κ2) is 13.0. The maximum absolute atomic E-state index is 12.3. The van der Waals surface area contributed by atoms with E-state index in [-0.39, 0.29) is 17.5 Å². The molecular formula is C32H38N2O14. The molecule has 260 valence electrons. The predicted molar refractivity (Wildman–Crippen MR) is 161 cm³/mol. The van der Waals surface area contributed by atoms with Crippen molar-refractivity contribution in [3.63, 3.8) is 0 Å². The van der Waals surface area contributed by atoms with Crippen molar-refractivity contribution in [3.8, 4) is 28.7 Å². The van der Waals surface area contributed by atoms with Crippen molar-refractivity contribution >= 4 is 17.7 Å². The van der Waals surface area contributed by atoms with Crippen molar-refractivity contribution < 1.29 is 68.0 Å². The highest BCUT2D eigenvalue weighted by Gasteiger charge is 2.57. The number of esters is 1. The lowest BCUT2D eigenvalue weighted by molar-refractivity contribution is -0.291. The maximum Gasteiger partial charge on any atom is 0.317 e. The average Bonchev–Trinajstić information content (AvgIpc) is 3.45. The average molecular weight is 675 g/mol. The monoisotopic (exact) mass is 674 g/mol. The number of carboxylic acids is 1. The minimum absolute atomic E-state index is 0.131. The first-order valence-electron chi connectivity index (χ1n) is 15.4. The van der Waals surface area contributed by atoms with Gasteiger partial charge in [-0.2, -0.15) is 0 Å². The normalized spacial score (nSPS) is 29.1. The second-order valence-electron chi connectivity index (χ2n) is 12.3. The number of hydrogen-bond donors (Lipinski definition) is 6. The molecule has 3 aliphatic heterocycles. The van der Waals surface area contributed by atoms with Crippen LogP contribution in [0.3, 0.4) is 0 Å². The van der Waals surface area contributed by atoms with E-state index < -0.39 is 73.0 Å². The van der Waals surface area contributed by atoms with Gasteiger partial charge in [0.1, 0.15) is 59.8 Å². The SMILES string of the molecule is COc1ccc2c(c1OC)OC1c3ccc(OC4OC(C(OC(=O)CC(=O)O)C(N)N)C(O)C(O)C4O)cc3OC3(CCC(=O)CC3)C21. The fourth-order valence-corrected chi connectivity index (χ4v) is 7.06. The van der Waals surface area contributed by atoms with Crippen LogP contribution in [-0.4, -0.2) is 101 Å². The van der Waals surface area contributed by atoms with Crippen LogP contribution < -0.4 is 35.2 Å². The molecule has 3 heterocycles. The molecule has 8 unspecified atom stereocenters. The summed E-state index contributed by atoms with van der Waals surface area (Å²) in [4.78, 5) is 35.4. The van der Waals surface area contributed by atoms with E-state index in [1.165, 1.54) is 14.2 Å². The van der Waals surface area contributed by atoms with Crippen LogP contribution >= 0.6 is 0 Å². The fourth-order valence-electron chi connectivity index (χ4n) is 7.06. The van der Waals surface area contributed by atoms with Gasteiger partial charge in [0, 0.05) is 30.0 Å². The molecular weight excluding hydrogens is 636 g/mol. The van der Waals surface area contributed by atoms with Crippen LogP contribution in [0.15, 0.2) is 30.3 Å². The number of carbonyl (C=O) groups is 3. The number of nitrogens with two attached hydrogens (primary N) is 2. The predicted octanol–water partition coefficient (Wildman–Crippen LogP) is 0.0118. The number of benzene rings is 2. The first-order chi connectivity index (χ1) is 22.9. The van der Waals surface area contributed by atoms with Crippen molar-refractivity contribution in [2.75, 3.05) is 14.2 Å². The topological polar surface area (TPSA) is 249 Å². The van der Waals surface area contributed by atoms with Crippen LogP contribution in [0.5, 0.6) is 28.7 Å². The zero-order chi connectivity index (χ0) is 34.5. The minimum Gasteiger partial charge on any atom is -0.493 e. The standard InChI is InChI=1S/C32H38N2O14/c1-42-17-6-5-16-21-25(46-26(16)27(17)43-2)15-4-3-14(11-18(15)48-32(21)9-7-13(35)8-10-32)44-31-24(41)22(39)23(40)28(47-31)29(30(33)34)45-20(38)12-19(36)37/h3-6,11,21-25,28-31,39-41H,7-10,12,33-34H2,1-2H3,(H,36,37). The van der Waals surface area contributed by atoms with Crippen LogP contribution in [0.4, 0.5) is 0 Å². The smallest absolute Gasteiger partial charge is 0.317 e. The Morgan fingerprint density at radius 3 is 2.35 bits per heavy atom. The molecule has 48 heavy (non-hydrogen) atoms. The Hall–Kier alpha value is -4.19. The van der Waals surface area contributed by atoms with Crippen molar-refractivity contribution in [1.29, 1.82) is 0 Å². The molecule has 2 fully saturated rings. The highest BCUT2D eigenvalue weighted by Crippen LogP contribution is 2.63. The third-order valence-electron chi connectivity index (χ3n) is 9.36. The molecule has 0 bridgehead atoms. The number of ketones is 1. The third-order valence-corrected chi connectivity index (χ3v) is 9.36. The van der Waals surface area contributed by atoms with Gasteiger partial charge in [0.15, 0.2) is 17.6 Å². The highest BCUT2D eigenvalue weighted by molar-refractivity contribution is 5.90. The van der Waals surface area contributed by atoms with Gasteiger partial charge in [0.2, 0.25) is 12.0 Å². The Morgan fingerprint density at radius 1 is 1.00 bits per heavy atom. The molecule has 6 rings (SSSR count). The molecule has 1 saturated heterocycles. The van der Waals surface area contributed by atoms with E-state index in [1.54, 1.807) is 24.3 Å².